The molecule has 0 bridgehead atoms. The van der Waals surface area contributed by atoms with Gasteiger partial charge in [0.25, 0.3) is 0 Å². The van der Waals surface area contributed by atoms with Gasteiger partial charge >= 0.3 is 0 Å². The summed E-state index contributed by atoms with van der Waals surface area (Å²) in [5.41, 5.74) is 1.76. The van der Waals surface area contributed by atoms with Crippen LogP contribution in [0.25, 0.3) is 11.4 Å². The molecule has 7 nitrogen and oxygen atoms in total. The van der Waals surface area contributed by atoms with Gasteiger partial charge in [0.05, 0.1) is 7.11 Å². The summed E-state index contributed by atoms with van der Waals surface area (Å²) in [4.78, 5) is 13.6. The molecule has 0 aliphatic heterocycles. The summed E-state index contributed by atoms with van der Waals surface area (Å²) in [6.07, 6.45) is 0. The molecule has 0 aliphatic rings. The van der Waals surface area contributed by atoms with E-state index in [1.54, 1.807) is 38.3 Å². The summed E-state index contributed by atoms with van der Waals surface area (Å²) in [6, 6.07) is 14.0. The van der Waals surface area contributed by atoms with Gasteiger partial charge < -0.3 is 10.1 Å². The van der Waals surface area contributed by atoms with Crippen molar-refractivity contribution in [1.29, 1.82) is 0 Å². The molecule has 1 heterocycles. The highest BCUT2D eigenvalue weighted by atomic mass is 35.5. The third kappa shape index (κ3) is 4.18. The second kappa shape index (κ2) is 7.97. The lowest BCUT2D eigenvalue weighted by atomic mass is 10.2. The fraction of sp³-hybridized carbons (Fsp3) is 0.222. The van der Waals surface area contributed by atoms with Crippen LogP contribution in [-0.4, -0.2) is 33.2 Å². The Balaban J connectivity index is 1.62. The maximum Gasteiger partial charge on any atom is 0.246 e. The number of rotatable bonds is 6. The van der Waals surface area contributed by atoms with Crippen molar-refractivity contribution in [2.75, 3.05) is 7.11 Å². The van der Waals surface area contributed by atoms with Gasteiger partial charge in [0.2, 0.25) is 11.7 Å². The standard InChI is InChI=1S/C18H18ClN5O2/c1-12(18(25)20-11-13-3-9-16(26-2)10-4-13)24-22-17(21-23-24)14-5-7-15(19)8-6-14/h3-10,12H,11H2,1-2H3,(H,20,25)/t12-/m0/s1. The summed E-state index contributed by atoms with van der Waals surface area (Å²) in [5.74, 6) is 1.02. The van der Waals surface area contributed by atoms with E-state index in [4.69, 9.17) is 16.3 Å². The van der Waals surface area contributed by atoms with E-state index in [1.807, 2.05) is 24.3 Å². The van der Waals surface area contributed by atoms with Crippen LogP contribution in [0.3, 0.4) is 0 Å². The van der Waals surface area contributed by atoms with E-state index in [-0.39, 0.29) is 5.91 Å². The maximum atomic E-state index is 12.3. The second-order valence-electron chi connectivity index (χ2n) is 5.68. The Kier molecular flexibility index (Phi) is 5.48. The Hall–Kier alpha value is -2.93. The number of benzene rings is 2. The summed E-state index contributed by atoms with van der Waals surface area (Å²) in [7, 11) is 1.61. The summed E-state index contributed by atoms with van der Waals surface area (Å²) in [6.45, 7) is 2.13. The molecule has 0 unspecified atom stereocenters. The SMILES string of the molecule is COc1ccc(CNC(=O)[C@H](C)n2nnc(-c3ccc(Cl)cc3)n2)cc1. The highest BCUT2D eigenvalue weighted by Gasteiger charge is 2.18. The highest BCUT2D eigenvalue weighted by Crippen LogP contribution is 2.18. The van der Waals surface area contributed by atoms with Gasteiger partial charge in [-0.3, -0.25) is 4.79 Å². The van der Waals surface area contributed by atoms with Crippen LogP contribution < -0.4 is 10.1 Å². The fourth-order valence-corrected chi connectivity index (χ4v) is 2.41. The maximum absolute atomic E-state index is 12.3. The molecule has 0 saturated carbocycles. The molecular weight excluding hydrogens is 354 g/mol. The van der Waals surface area contributed by atoms with Crippen LogP contribution in [0.2, 0.25) is 5.02 Å². The Morgan fingerprint density at radius 2 is 1.88 bits per heavy atom. The molecule has 3 rings (SSSR count). The molecule has 1 atom stereocenters. The molecular formula is C18H18ClN5O2. The zero-order valence-corrected chi connectivity index (χ0v) is 15.1. The minimum atomic E-state index is -0.582. The molecule has 3 aromatic rings. The number of nitrogens with one attached hydrogen (secondary N) is 1. The topological polar surface area (TPSA) is 81.9 Å². The van der Waals surface area contributed by atoms with Crippen molar-refractivity contribution in [2.24, 2.45) is 0 Å². The third-order valence-corrected chi connectivity index (χ3v) is 4.13. The van der Waals surface area contributed by atoms with Crippen LogP contribution in [0.15, 0.2) is 48.5 Å². The van der Waals surface area contributed by atoms with Gasteiger partial charge in [0, 0.05) is 17.1 Å². The van der Waals surface area contributed by atoms with Crippen LogP contribution in [-0.2, 0) is 11.3 Å². The van der Waals surface area contributed by atoms with E-state index in [0.29, 0.717) is 17.4 Å². The van der Waals surface area contributed by atoms with E-state index in [0.717, 1.165) is 16.9 Å². The van der Waals surface area contributed by atoms with Gasteiger partial charge in [-0.1, -0.05) is 23.7 Å². The van der Waals surface area contributed by atoms with Gasteiger partial charge in [-0.05, 0) is 54.1 Å². The van der Waals surface area contributed by atoms with Crippen LogP contribution in [0, 0.1) is 0 Å². The van der Waals surface area contributed by atoms with Crippen molar-refractivity contribution in [2.45, 2.75) is 19.5 Å². The first-order valence-electron chi connectivity index (χ1n) is 8.03. The molecule has 1 aromatic heterocycles. The third-order valence-electron chi connectivity index (χ3n) is 3.88. The first-order chi connectivity index (χ1) is 12.6. The number of methoxy groups -OCH3 is 1. The van der Waals surface area contributed by atoms with Gasteiger partial charge in [-0.25, -0.2) is 0 Å². The number of carbonyl (C=O) groups excluding carboxylic acids is 1. The number of hydrogen-bond donors (Lipinski definition) is 1. The lowest BCUT2D eigenvalue weighted by molar-refractivity contribution is -0.124. The predicted molar refractivity (Wildman–Crippen MR) is 97.8 cm³/mol. The number of amides is 1. The molecule has 1 amide bonds. The molecule has 8 heteroatoms. The van der Waals surface area contributed by atoms with Crippen molar-refractivity contribution >= 4 is 17.5 Å². The Labute approximate surface area is 155 Å². The van der Waals surface area contributed by atoms with E-state index in [1.165, 1.54) is 4.80 Å². The number of tetrazole rings is 1. The fourth-order valence-electron chi connectivity index (χ4n) is 2.29. The van der Waals surface area contributed by atoms with Gasteiger partial charge in [-0.15, -0.1) is 10.2 Å². The van der Waals surface area contributed by atoms with Crippen molar-refractivity contribution < 1.29 is 9.53 Å². The molecule has 134 valence electrons. The molecule has 0 spiro atoms. The number of carbonyl (C=O) groups is 1. The average molecular weight is 372 g/mol. The van der Waals surface area contributed by atoms with Gasteiger partial charge in [0.15, 0.2) is 0 Å². The lowest BCUT2D eigenvalue weighted by Crippen LogP contribution is -2.31. The zero-order chi connectivity index (χ0) is 18.5. The zero-order valence-electron chi connectivity index (χ0n) is 14.4. The van der Waals surface area contributed by atoms with Crippen LogP contribution >= 0.6 is 11.6 Å². The van der Waals surface area contributed by atoms with Gasteiger partial charge in [0.1, 0.15) is 11.8 Å². The molecule has 26 heavy (non-hydrogen) atoms. The van der Waals surface area contributed by atoms with E-state index >= 15 is 0 Å². The first-order valence-corrected chi connectivity index (χ1v) is 8.40. The lowest BCUT2D eigenvalue weighted by Gasteiger charge is -2.11. The van der Waals surface area contributed by atoms with E-state index < -0.39 is 6.04 Å². The van der Waals surface area contributed by atoms with E-state index in [9.17, 15) is 4.79 Å². The molecule has 0 saturated heterocycles. The molecule has 0 aliphatic carbocycles. The molecule has 1 N–H and O–H groups in total. The highest BCUT2D eigenvalue weighted by molar-refractivity contribution is 6.30. The number of nitrogens with zero attached hydrogens (tertiary/aromatic N) is 4. The number of aromatic nitrogens is 4. The summed E-state index contributed by atoms with van der Waals surface area (Å²) in [5, 5.41) is 15.8. The van der Waals surface area contributed by atoms with Crippen LogP contribution in [0.1, 0.15) is 18.5 Å². The first kappa shape index (κ1) is 17.9. The Morgan fingerprint density at radius 1 is 1.19 bits per heavy atom. The van der Waals surface area contributed by atoms with Crippen molar-refractivity contribution in [1.82, 2.24) is 25.5 Å². The Bertz CT molecular complexity index is 877. The molecule has 2 aromatic carbocycles. The van der Waals surface area contributed by atoms with E-state index in [2.05, 4.69) is 20.7 Å². The van der Waals surface area contributed by atoms with Crippen LogP contribution in [0.5, 0.6) is 5.75 Å². The van der Waals surface area contributed by atoms with Crippen molar-refractivity contribution in [3.63, 3.8) is 0 Å². The Morgan fingerprint density at radius 3 is 2.54 bits per heavy atom. The van der Waals surface area contributed by atoms with Crippen LogP contribution in [0.4, 0.5) is 0 Å². The largest absolute Gasteiger partial charge is 0.497 e. The normalized spacial score (nSPS) is 11.8. The van der Waals surface area contributed by atoms with Crippen molar-refractivity contribution in [3.05, 3.63) is 59.1 Å². The smallest absolute Gasteiger partial charge is 0.246 e. The number of halogens is 1. The monoisotopic (exact) mass is 371 g/mol. The quantitative estimate of drug-likeness (QED) is 0.720. The summed E-state index contributed by atoms with van der Waals surface area (Å²) >= 11 is 5.88. The molecule has 0 radical (unpaired) electrons. The predicted octanol–water partition coefficient (Wildman–Crippen LogP) is 2.88. The minimum absolute atomic E-state index is 0.194. The molecule has 0 fully saturated rings. The van der Waals surface area contributed by atoms with Crippen molar-refractivity contribution in [3.8, 4) is 17.1 Å². The minimum Gasteiger partial charge on any atom is -0.497 e. The summed E-state index contributed by atoms with van der Waals surface area (Å²) < 4.78 is 5.11. The number of hydrogen-bond acceptors (Lipinski definition) is 5. The second-order valence-corrected chi connectivity index (χ2v) is 6.12. The number of ether oxygens (including phenoxy) is 1. The van der Waals surface area contributed by atoms with Gasteiger partial charge in [-0.2, -0.15) is 4.80 Å². The average Bonchev–Trinajstić information content (AvgIpc) is 3.16.